The fraction of sp³-hybridized carbons (Fsp3) is 0.417. The standard InChI is InChI=1S/C12H15ClN2O/c1-14-12(16)7-15-11-5-8-2-3-10(13)4-9(8)6-11/h2-4,11,15H,5-7H2,1H3,(H,14,16). The van der Waals surface area contributed by atoms with Gasteiger partial charge in [-0.15, -0.1) is 0 Å². The van der Waals surface area contributed by atoms with Crippen molar-refractivity contribution in [1.29, 1.82) is 0 Å². The van der Waals surface area contributed by atoms with Crippen LogP contribution in [0.25, 0.3) is 0 Å². The molecule has 0 aliphatic heterocycles. The van der Waals surface area contributed by atoms with Crippen LogP contribution in [0, 0.1) is 0 Å². The van der Waals surface area contributed by atoms with Gasteiger partial charge in [0.05, 0.1) is 6.54 Å². The summed E-state index contributed by atoms with van der Waals surface area (Å²) in [4.78, 5) is 11.1. The third-order valence-electron chi connectivity index (χ3n) is 2.93. The normalized spacial score (nSPS) is 18.2. The zero-order valence-corrected chi connectivity index (χ0v) is 9.97. The van der Waals surface area contributed by atoms with E-state index in [1.54, 1.807) is 7.05 Å². The van der Waals surface area contributed by atoms with Gasteiger partial charge in [-0.2, -0.15) is 0 Å². The summed E-state index contributed by atoms with van der Waals surface area (Å²) in [6.07, 6.45) is 1.93. The quantitative estimate of drug-likeness (QED) is 0.829. The first kappa shape index (κ1) is 11.4. The van der Waals surface area contributed by atoms with Crippen LogP contribution in [0.3, 0.4) is 0 Å². The van der Waals surface area contributed by atoms with Crippen molar-refractivity contribution in [1.82, 2.24) is 10.6 Å². The van der Waals surface area contributed by atoms with Crippen LogP contribution < -0.4 is 10.6 Å². The number of amides is 1. The number of hydrogen-bond acceptors (Lipinski definition) is 2. The average molecular weight is 239 g/mol. The first-order valence-electron chi connectivity index (χ1n) is 5.40. The smallest absolute Gasteiger partial charge is 0.233 e. The second-order valence-corrected chi connectivity index (χ2v) is 4.51. The molecule has 1 aliphatic carbocycles. The molecular formula is C12H15ClN2O. The van der Waals surface area contributed by atoms with E-state index >= 15 is 0 Å². The minimum atomic E-state index is 0.0222. The zero-order chi connectivity index (χ0) is 11.5. The minimum absolute atomic E-state index is 0.0222. The monoisotopic (exact) mass is 238 g/mol. The zero-order valence-electron chi connectivity index (χ0n) is 9.22. The molecule has 2 rings (SSSR count). The molecule has 2 N–H and O–H groups in total. The number of carbonyl (C=O) groups excluding carboxylic acids is 1. The molecule has 1 aromatic rings. The number of benzene rings is 1. The molecule has 0 saturated heterocycles. The van der Waals surface area contributed by atoms with Crippen LogP contribution in [-0.4, -0.2) is 25.5 Å². The van der Waals surface area contributed by atoms with Crippen LogP contribution in [0.4, 0.5) is 0 Å². The molecule has 86 valence electrons. The Bertz CT molecular complexity index is 406. The van der Waals surface area contributed by atoms with Gasteiger partial charge in [-0.1, -0.05) is 17.7 Å². The van der Waals surface area contributed by atoms with E-state index in [1.165, 1.54) is 11.1 Å². The van der Waals surface area contributed by atoms with Crippen molar-refractivity contribution in [3.05, 3.63) is 34.3 Å². The van der Waals surface area contributed by atoms with Gasteiger partial charge in [-0.3, -0.25) is 4.79 Å². The molecule has 0 spiro atoms. The lowest BCUT2D eigenvalue weighted by molar-refractivity contribution is -0.119. The minimum Gasteiger partial charge on any atom is -0.358 e. The first-order chi connectivity index (χ1) is 7.69. The van der Waals surface area contributed by atoms with Crippen molar-refractivity contribution in [3.63, 3.8) is 0 Å². The van der Waals surface area contributed by atoms with Crippen molar-refractivity contribution in [2.45, 2.75) is 18.9 Å². The molecule has 1 unspecified atom stereocenters. The molecule has 0 saturated carbocycles. The summed E-state index contributed by atoms with van der Waals surface area (Å²) in [5, 5.41) is 6.62. The van der Waals surface area contributed by atoms with Gasteiger partial charge in [0.2, 0.25) is 5.91 Å². The van der Waals surface area contributed by atoms with E-state index in [2.05, 4.69) is 16.7 Å². The number of nitrogens with one attached hydrogen (secondary N) is 2. The Morgan fingerprint density at radius 2 is 2.19 bits per heavy atom. The lowest BCUT2D eigenvalue weighted by Crippen LogP contribution is -2.38. The summed E-state index contributed by atoms with van der Waals surface area (Å²) in [5.41, 5.74) is 2.63. The van der Waals surface area contributed by atoms with Gasteiger partial charge in [0, 0.05) is 18.1 Å². The highest BCUT2D eigenvalue weighted by Gasteiger charge is 2.21. The van der Waals surface area contributed by atoms with E-state index in [0.29, 0.717) is 12.6 Å². The van der Waals surface area contributed by atoms with E-state index in [1.807, 2.05) is 12.1 Å². The molecule has 0 aromatic heterocycles. The van der Waals surface area contributed by atoms with Crippen molar-refractivity contribution in [3.8, 4) is 0 Å². The lowest BCUT2D eigenvalue weighted by atomic mass is 10.1. The Morgan fingerprint density at radius 1 is 1.44 bits per heavy atom. The molecule has 4 heteroatoms. The van der Waals surface area contributed by atoms with Gasteiger partial charge in [-0.25, -0.2) is 0 Å². The van der Waals surface area contributed by atoms with Crippen molar-refractivity contribution in [2.24, 2.45) is 0 Å². The molecule has 1 atom stereocenters. The molecule has 1 amide bonds. The maximum Gasteiger partial charge on any atom is 0.233 e. The molecular weight excluding hydrogens is 224 g/mol. The van der Waals surface area contributed by atoms with Gasteiger partial charge in [0.25, 0.3) is 0 Å². The maximum atomic E-state index is 11.1. The Kier molecular flexibility index (Phi) is 3.46. The highest BCUT2D eigenvalue weighted by molar-refractivity contribution is 6.30. The average Bonchev–Trinajstić information content (AvgIpc) is 2.67. The number of carbonyl (C=O) groups is 1. The number of fused-ring (bicyclic) bond motifs is 1. The van der Waals surface area contributed by atoms with E-state index < -0.39 is 0 Å². The fourth-order valence-electron chi connectivity index (χ4n) is 2.06. The van der Waals surface area contributed by atoms with Gasteiger partial charge >= 0.3 is 0 Å². The summed E-state index contributed by atoms with van der Waals surface area (Å²) in [6, 6.07) is 6.35. The molecule has 0 fully saturated rings. The second-order valence-electron chi connectivity index (χ2n) is 4.07. The van der Waals surface area contributed by atoms with Gasteiger partial charge in [-0.05, 0) is 36.1 Å². The van der Waals surface area contributed by atoms with E-state index in [-0.39, 0.29) is 5.91 Å². The number of halogens is 1. The fourth-order valence-corrected chi connectivity index (χ4v) is 2.25. The van der Waals surface area contributed by atoms with Crippen molar-refractivity contribution in [2.75, 3.05) is 13.6 Å². The second kappa shape index (κ2) is 4.85. The highest BCUT2D eigenvalue weighted by Crippen LogP contribution is 2.25. The van der Waals surface area contributed by atoms with Gasteiger partial charge < -0.3 is 10.6 Å². The Morgan fingerprint density at radius 3 is 2.94 bits per heavy atom. The molecule has 1 aliphatic rings. The number of likely N-dealkylation sites (N-methyl/N-ethyl adjacent to an activating group) is 1. The van der Waals surface area contributed by atoms with Crippen molar-refractivity contribution >= 4 is 17.5 Å². The van der Waals surface area contributed by atoms with E-state index in [0.717, 1.165) is 17.9 Å². The third-order valence-corrected chi connectivity index (χ3v) is 3.17. The maximum absolute atomic E-state index is 11.1. The van der Waals surface area contributed by atoms with Crippen molar-refractivity contribution < 1.29 is 4.79 Å². The Balaban J connectivity index is 1.93. The van der Waals surface area contributed by atoms with E-state index in [4.69, 9.17) is 11.6 Å². The number of hydrogen-bond donors (Lipinski definition) is 2. The third kappa shape index (κ3) is 2.54. The summed E-state index contributed by atoms with van der Waals surface area (Å²) < 4.78 is 0. The van der Waals surface area contributed by atoms with Crippen LogP contribution in [-0.2, 0) is 17.6 Å². The Hall–Kier alpha value is -1.06. The SMILES string of the molecule is CNC(=O)CNC1Cc2ccc(Cl)cc2C1. The molecule has 0 radical (unpaired) electrons. The lowest BCUT2D eigenvalue weighted by Gasteiger charge is -2.10. The summed E-state index contributed by atoms with van der Waals surface area (Å²) in [7, 11) is 1.65. The summed E-state index contributed by atoms with van der Waals surface area (Å²) >= 11 is 5.94. The molecule has 1 aromatic carbocycles. The van der Waals surface area contributed by atoms with Crippen LogP contribution in [0.5, 0.6) is 0 Å². The largest absolute Gasteiger partial charge is 0.358 e. The molecule has 3 nitrogen and oxygen atoms in total. The Labute approximate surface area is 100 Å². The first-order valence-corrected chi connectivity index (χ1v) is 5.78. The molecule has 0 bridgehead atoms. The predicted molar refractivity (Wildman–Crippen MR) is 64.7 cm³/mol. The predicted octanol–water partition coefficient (Wildman–Crippen LogP) is 1.14. The number of rotatable bonds is 3. The highest BCUT2D eigenvalue weighted by atomic mass is 35.5. The topological polar surface area (TPSA) is 41.1 Å². The summed E-state index contributed by atoms with van der Waals surface area (Å²) in [5.74, 6) is 0.0222. The van der Waals surface area contributed by atoms with Crippen LogP contribution in [0.1, 0.15) is 11.1 Å². The van der Waals surface area contributed by atoms with Crippen LogP contribution >= 0.6 is 11.6 Å². The van der Waals surface area contributed by atoms with Gasteiger partial charge in [0.15, 0.2) is 0 Å². The molecule has 0 heterocycles. The van der Waals surface area contributed by atoms with E-state index in [9.17, 15) is 4.79 Å². The summed E-state index contributed by atoms with van der Waals surface area (Å²) in [6.45, 7) is 0.378. The van der Waals surface area contributed by atoms with Crippen LogP contribution in [0.15, 0.2) is 18.2 Å². The van der Waals surface area contributed by atoms with Crippen LogP contribution in [0.2, 0.25) is 5.02 Å². The van der Waals surface area contributed by atoms with Gasteiger partial charge in [0.1, 0.15) is 0 Å². The molecule has 16 heavy (non-hydrogen) atoms.